The Balaban J connectivity index is 1.90. The third-order valence-corrected chi connectivity index (χ3v) is 5.28. The number of benzene rings is 1. The number of rotatable bonds is 10. The molecule has 0 N–H and O–H groups in total. The van der Waals surface area contributed by atoms with E-state index >= 15 is 0 Å². The van der Waals surface area contributed by atoms with Gasteiger partial charge in [-0.3, -0.25) is 4.79 Å². The first kappa shape index (κ1) is 24.1. The maximum Gasteiger partial charge on any atom is 0.333 e. The minimum Gasteiger partial charge on any atom is -0.496 e. The molecule has 1 aromatic rings. The van der Waals surface area contributed by atoms with Crippen molar-refractivity contribution in [2.75, 3.05) is 47.3 Å². The Kier molecular flexibility index (Phi) is 9.26. The van der Waals surface area contributed by atoms with Gasteiger partial charge < -0.3 is 28.6 Å². The molecule has 1 aromatic carbocycles. The Morgan fingerprint density at radius 3 is 2.35 bits per heavy atom. The van der Waals surface area contributed by atoms with Crippen molar-refractivity contribution in [2.24, 2.45) is 0 Å². The highest BCUT2D eigenvalue weighted by Gasteiger charge is 2.27. The molecule has 0 bridgehead atoms. The Bertz CT molecular complexity index is 880. The Hall–Kier alpha value is -3.14. The topological polar surface area (TPSA) is 101 Å². The molecule has 0 aliphatic carbocycles. The molecule has 1 aliphatic rings. The van der Waals surface area contributed by atoms with Crippen molar-refractivity contribution in [2.45, 2.75) is 6.42 Å². The lowest BCUT2D eigenvalue weighted by Gasteiger charge is -2.16. The zero-order valence-corrected chi connectivity index (χ0v) is 18.7. The average molecular weight is 451 g/mol. The summed E-state index contributed by atoms with van der Waals surface area (Å²) in [4.78, 5) is 36.9. The predicted octanol–water partition coefficient (Wildman–Crippen LogP) is 2.25. The number of nitrogens with zero attached hydrogens (tertiary/aromatic N) is 1. The normalized spacial score (nSPS) is 14.8. The Labute approximate surface area is 184 Å². The summed E-state index contributed by atoms with van der Waals surface area (Å²) in [6.07, 6.45) is 4.54. The molecule has 0 spiro atoms. The predicted molar refractivity (Wildman–Crippen MR) is 115 cm³/mol. The molecule has 168 valence electrons. The number of carbonyl (C=O) groups excluding carboxylic acids is 3. The van der Waals surface area contributed by atoms with E-state index in [9.17, 15) is 14.4 Å². The number of hydrogen-bond acceptors (Lipinski definition) is 9. The van der Waals surface area contributed by atoms with Crippen molar-refractivity contribution in [3.8, 4) is 17.2 Å². The van der Waals surface area contributed by atoms with Gasteiger partial charge in [-0.05, 0) is 18.6 Å². The standard InChI is InChI=1S/C21H25NO8S/c1-26-15-11-17(28-3)16(27-2)10-14(15)6-7-20(24)30-9-5-8-22-18(23)13-31-19(22)12-21(25)29-4/h6-7,10-12H,5,8-9,13H2,1-4H3/b7-6+,19-12+. The SMILES string of the molecule is COC(=O)/C=C1/SCC(=O)N1CCCOC(=O)/C=C/c1cc(OC)c(OC)cc1OC. The maximum atomic E-state index is 12.0. The number of thioether (sulfide) groups is 1. The summed E-state index contributed by atoms with van der Waals surface area (Å²) in [7, 11) is 5.82. The molecule has 1 aliphatic heterocycles. The molecule has 0 radical (unpaired) electrons. The van der Waals surface area contributed by atoms with E-state index in [0.717, 1.165) is 0 Å². The summed E-state index contributed by atoms with van der Waals surface area (Å²) >= 11 is 1.27. The van der Waals surface area contributed by atoms with Gasteiger partial charge >= 0.3 is 11.9 Å². The maximum absolute atomic E-state index is 12.0. The van der Waals surface area contributed by atoms with Crippen LogP contribution in [0.5, 0.6) is 17.2 Å². The van der Waals surface area contributed by atoms with E-state index < -0.39 is 11.9 Å². The number of methoxy groups -OCH3 is 4. The smallest absolute Gasteiger partial charge is 0.333 e. The van der Waals surface area contributed by atoms with E-state index in [1.54, 1.807) is 18.2 Å². The van der Waals surface area contributed by atoms with Crippen molar-refractivity contribution in [3.63, 3.8) is 0 Å². The van der Waals surface area contributed by atoms with Gasteiger partial charge in [-0.2, -0.15) is 0 Å². The van der Waals surface area contributed by atoms with Crippen LogP contribution in [0, 0.1) is 0 Å². The quantitative estimate of drug-likeness (QED) is 0.301. The third-order valence-electron chi connectivity index (χ3n) is 4.26. The van der Waals surface area contributed by atoms with Crippen LogP contribution in [-0.4, -0.2) is 70.1 Å². The fraction of sp³-hybridized carbons (Fsp3) is 0.381. The zero-order valence-electron chi connectivity index (χ0n) is 17.8. The van der Waals surface area contributed by atoms with Crippen molar-refractivity contribution >= 4 is 35.7 Å². The number of ether oxygens (including phenoxy) is 5. The molecule has 0 aromatic heterocycles. The fourth-order valence-corrected chi connectivity index (χ4v) is 3.67. The summed E-state index contributed by atoms with van der Waals surface area (Å²) in [6.45, 7) is 0.446. The van der Waals surface area contributed by atoms with Gasteiger partial charge in [-0.15, -0.1) is 0 Å². The van der Waals surface area contributed by atoms with Crippen LogP contribution >= 0.6 is 11.8 Å². The van der Waals surface area contributed by atoms with Crippen LogP contribution in [0.15, 0.2) is 29.3 Å². The van der Waals surface area contributed by atoms with E-state index in [-0.39, 0.29) is 18.3 Å². The molecule has 1 fully saturated rings. The zero-order chi connectivity index (χ0) is 22.8. The molecule has 10 heteroatoms. The molecule has 1 saturated heterocycles. The Morgan fingerprint density at radius 1 is 1.03 bits per heavy atom. The van der Waals surface area contributed by atoms with Crippen molar-refractivity contribution in [3.05, 3.63) is 34.9 Å². The van der Waals surface area contributed by atoms with Crippen LogP contribution in [0.2, 0.25) is 0 Å². The molecule has 9 nitrogen and oxygen atoms in total. The lowest BCUT2D eigenvalue weighted by atomic mass is 10.1. The highest BCUT2D eigenvalue weighted by Crippen LogP contribution is 2.35. The van der Waals surface area contributed by atoms with Crippen LogP contribution in [-0.2, 0) is 23.9 Å². The van der Waals surface area contributed by atoms with Crippen molar-refractivity contribution in [1.29, 1.82) is 0 Å². The first-order valence-electron chi connectivity index (χ1n) is 9.31. The van der Waals surface area contributed by atoms with Gasteiger partial charge in [-0.1, -0.05) is 11.8 Å². The number of esters is 2. The van der Waals surface area contributed by atoms with E-state index in [1.165, 1.54) is 57.3 Å². The van der Waals surface area contributed by atoms with Crippen LogP contribution in [0.25, 0.3) is 6.08 Å². The molecule has 1 amide bonds. The molecule has 1 heterocycles. The van der Waals surface area contributed by atoms with Crippen molar-refractivity contribution < 1.29 is 38.1 Å². The molecule has 0 atom stereocenters. The lowest BCUT2D eigenvalue weighted by molar-refractivity contribution is -0.138. The molecular weight excluding hydrogens is 426 g/mol. The molecule has 31 heavy (non-hydrogen) atoms. The first-order chi connectivity index (χ1) is 14.9. The van der Waals surface area contributed by atoms with E-state index in [2.05, 4.69) is 4.74 Å². The average Bonchev–Trinajstić information content (AvgIpc) is 3.13. The van der Waals surface area contributed by atoms with E-state index in [1.807, 2.05) is 0 Å². The summed E-state index contributed by atoms with van der Waals surface area (Å²) in [5.74, 6) is 0.616. The van der Waals surface area contributed by atoms with Crippen LogP contribution in [0.3, 0.4) is 0 Å². The van der Waals surface area contributed by atoms with Gasteiger partial charge in [0.2, 0.25) is 5.91 Å². The summed E-state index contributed by atoms with van der Waals surface area (Å²) in [5.41, 5.74) is 0.620. The minimum absolute atomic E-state index is 0.105. The summed E-state index contributed by atoms with van der Waals surface area (Å²) in [6, 6.07) is 3.35. The minimum atomic E-state index is -0.538. The number of carbonyl (C=O) groups is 3. The van der Waals surface area contributed by atoms with Crippen LogP contribution in [0.4, 0.5) is 0 Å². The molecule has 2 rings (SSSR count). The second-order valence-electron chi connectivity index (χ2n) is 6.14. The lowest BCUT2D eigenvalue weighted by Crippen LogP contribution is -2.27. The number of hydrogen-bond donors (Lipinski definition) is 0. The second-order valence-corrected chi connectivity index (χ2v) is 7.14. The first-order valence-corrected chi connectivity index (χ1v) is 10.3. The molecule has 0 unspecified atom stereocenters. The van der Waals surface area contributed by atoms with Crippen LogP contribution < -0.4 is 14.2 Å². The van der Waals surface area contributed by atoms with Gasteiger partial charge in [0.15, 0.2) is 11.5 Å². The van der Waals surface area contributed by atoms with Gasteiger partial charge in [-0.25, -0.2) is 9.59 Å². The van der Waals surface area contributed by atoms with Gasteiger partial charge in [0.1, 0.15) is 5.75 Å². The summed E-state index contributed by atoms with van der Waals surface area (Å²) < 4.78 is 25.6. The van der Waals surface area contributed by atoms with Gasteiger partial charge in [0.25, 0.3) is 0 Å². The highest BCUT2D eigenvalue weighted by molar-refractivity contribution is 8.04. The van der Waals surface area contributed by atoms with E-state index in [0.29, 0.717) is 40.8 Å². The second kappa shape index (κ2) is 11.9. The van der Waals surface area contributed by atoms with Crippen LogP contribution in [0.1, 0.15) is 12.0 Å². The van der Waals surface area contributed by atoms with Crippen molar-refractivity contribution in [1.82, 2.24) is 4.90 Å². The third kappa shape index (κ3) is 6.68. The fourth-order valence-electron chi connectivity index (χ4n) is 2.71. The molecule has 0 saturated carbocycles. The monoisotopic (exact) mass is 451 g/mol. The Morgan fingerprint density at radius 2 is 1.71 bits per heavy atom. The number of amides is 1. The van der Waals surface area contributed by atoms with E-state index in [4.69, 9.17) is 18.9 Å². The largest absolute Gasteiger partial charge is 0.496 e. The van der Waals surface area contributed by atoms with Gasteiger partial charge in [0.05, 0.1) is 51.9 Å². The summed E-state index contributed by atoms with van der Waals surface area (Å²) in [5, 5.41) is 0.531. The van der Waals surface area contributed by atoms with Gasteiger partial charge in [0, 0.05) is 24.3 Å². The highest BCUT2D eigenvalue weighted by atomic mass is 32.2. The molecular formula is C21H25NO8S.